The second-order valence-corrected chi connectivity index (χ2v) is 7.70. The Balaban J connectivity index is 1.99. The van der Waals surface area contributed by atoms with Crippen LogP contribution in [-0.2, 0) is 4.74 Å². The second kappa shape index (κ2) is 7.13. The number of nitriles is 1. The van der Waals surface area contributed by atoms with E-state index in [9.17, 15) is 20.6 Å². The van der Waals surface area contributed by atoms with Gasteiger partial charge in [0, 0.05) is 18.5 Å². The normalized spacial score (nSPS) is 28.2. The van der Waals surface area contributed by atoms with E-state index in [0.29, 0.717) is 32.3 Å². The molecule has 0 spiro atoms. The smallest absolute Gasteiger partial charge is 0.164 e. The number of halogens is 2. The minimum absolute atomic E-state index is 0.312. The molecule has 1 unspecified atom stereocenters. The van der Waals surface area contributed by atoms with Gasteiger partial charge in [0.25, 0.3) is 0 Å². The molecule has 4 atom stereocenters. The lowest BCUT2D eigenvalue weighted by molar-refractivity contribution is -0.0500. The molecule has 0 saturated carbocycles. The minimum atomic E-state index is -1.26. The highest BCUT2D eigenvalue weighted by Crippen LogP contribution is 2.43. The molecule has 0 radical (unpaired) electrons. The number of nitrogens with zero attached hydrogens (tertiary/aromatic N) is 3. The van der Waals surface area contributed by atoms with Crippen LogP contribution in [0.15, 0.2) is 12.1 Å². The van der Waals surface area contributed by atoms with Crippen LogP contribution < -0.4 is 4.90 Å². The molecule has 7 nitrogen and oxygen atoms in total. The van der Waals surface area contributed by atoms with Crippen LogP contribution in [0, 0.1) is 11.3 Å². The largest absolute Gasteiger partial charge is 0.394 e. The third-order valence-corrected chi connectivity index (χ3v) is 6.03. The zero-order valence-electron chi connectivity index (χ0n) is 14.3. The van der Waals surface area contributed by atoms with E-state index in [2.05, 4.69) is 11.0 Å². The van der Waals surface area contributed by atoms with Crippen molar-refractivity contribution in [3.8, 4) is 6.07 Å². The number of ether oxygens (including phenoxy) is 1. The number of aliphatic hydroxyl groups excluding tert-OH is 3. The van der Waals surface area contributed by atoms with Gasteiger partial charge in [-0.05, 0) is 25.0 Å². The predicted molar refractivity (Wildman–Crippen MR) is 101 cm³/mol. The Morgan fingerprint density at radius 2 is 1.81 bits per heavy atom. The fourth-order valence-corrected chi connectivity index (χ4v) is 4.31. The second-order valence-electron chi connectivity index (χ2n) is 6.89. The van der Waals surface area contributed by atoms with Crippen molar-refractivity contribution in [3.05, 3.63) is 27.7 Å². The van der Waals surface area contributed by atoms with Crippen molar-refractivity contribution in [1.82, 2.24) is 4.57 Å². The van der Waals surface area contributed by atoms with Crippen molar-refractivity contribution in [3.63, 3.8) is 0 Å². The predicted octanol–water partition coefficient (Wildman–Crippen LogP) is 2.03. The SMILES string of the molecule is N#Cc1c(N2CCCC2)n([C@@H]2O[C@H](CO)C(O)[C@@H]2O)c2cc(Cl)c(Cl)cc12. The van der Waals surface area contributed by atoms with Gasteiger partial charge in [-0.15, -0.1) is 0 Å². The van der Waals surface area contributed by atoms with Crippen LogP contribution in [0.25, 0.3) is 10.9 Å². The lowest BCUT2D eigenvalue weighted by Gasteiger charge is -2.26. The lowest BCUT2D eigenvalue weighted by atomic mass is 10.1. The van der Waals surface area contributed by atoms with Crippen molar-refractivity contribution in [1.29, 1.82) is 5.26 Å². The molecule has 4 rings (SSSR count). The molecule has 3 heterocycles. The molecular formula is C18H19Cl2N3O4. The molecule has 2 aromatic rings. The van der Waals surface area contributed by atoms with Gasteiger partial charge in [-0.3, -0.25) is 4.57 Å². The lowest BCUT2D eigenvalue weighted by Crippen LogP contribution is -2.33. The molecule has 2 fully saturated rings. The molecular weight excluding hydrogens is 393 g/mol. The van der Waals surface area contributed by atoms with Crippen molar-refractivity contribution < 1.29 is 20.1 Å². The van der Waals surface area contributed by atoms with Gasteiger partial charge in [0.1, 0.15) is 35.8 Å². The number of hydrogen-bond donors (Lipinski definition) is 3. The van der Waals surface area contributed by atoms with Crippen LogP contribution in [0.4, 0.5) is 5.82 Å². The first-order chi connectivity index (χ1) is 13.0. The van der Waals surface area contributed by atoms with Gasteiger partial charge in [-0.2, -0.15) is 5.26 Å². The molecule has 27 heavy (non-hydrogen) atoms. The Labute approximate surface area is 165 Å². The molecule has 0 amide bonds. The first-order valence-corrected chi connectivity index (χ1v) is 9.54. The van der Waals surface area contributed by atoms with E-state index in [1.54, 1.807) is 16.7 Å². The number of aromatic nitrogens is 1. The number of aliphatic hydroxyl groups is 3. The van der Waals surface area contributed by atoms with E-state index >= 15 is 0 Å². The summed E-state index contributed by atoms with van der Waals surface area (Å²) in [6, 6.07) is 5.51. The van der Waals surface area contributed by atoms with Gasteiger partial charge in [0.05, 0.1) is 22.2 Å². The third-order valence-electron chi connectivity index (χ3n) is 5.31. The van der Waals surface area contributed by atoms with Crippen molar-refractivity contribution in [2.45, 2.75) is 37.4 Å². The van der Waals surface area contributed by atoms with Gasteiger partial charge < -0.3 is 25.0 Å². The highest BCUT2D eigenvalue weighted by Gasteiger charge is 2.45. The van der Waals surface area contributed by atoms with Crippen molar-refractivity contribution >= 4 is 39.9 Å². The first-order valence-electron chi connectivity index (χ1n) is 8.78. The van der Waals surface area contributed by atoms with Crippen LogP contribution in [0.3, 0.4) is 0 Å². The summed E-state index contributed by atoms with van der Waals surface area (Å²) in [5.74, 6) is 0.609. The van der Waals surface area contributed by atoms with E-state index < -0.39 is 31.1 Å². The number of rotatable bonds is 3. The van der Waals surface area contributed by atoms with Crippen LogP contribution in [0.1, 0.15) is 24.6 Å². The van der Waals surface area contributed by atoms with E-state index in [1.165, 1.54) is 0 Å². The summed E-state index contributed by atoms with van der Waals surface area (Å²) in [5.41, 5.74) is 1.00. The van der Waals surface area contributed by atoms with E-state index in [1.807, 2.05) is 0 Å². The maximum absolute atomic E-state index is 10.6. The summed E-state index contributed by atoms with van der Waals surface area (Å²) in [6.45, 7) is 1.10. The summed E-state index contributed by atoms with van der Waals surface area (Å²) < 4.78 is 7.46. The minimum Gasteiger partial charge on any atom is -0.394 e. The van der Waals surface area contributed by atoms with Crippen molar-refractivity contribution in [2.75, 3.05) is 24.6 Å². The average molecular weight is 412 g/mol. The van der Waals surface area contributed by atoms with Gasteiger partial charge in [-0.25, -0.2) is 0 Å². The van der Waals surface area contributed by atoms with Gasteiger partial charge in [0.2, 0.25) is 0 Å². The molecule has 2 aliphatic heterocycles. The number of fused-ring (bicyclic) bond motifs is 1. The Morgan fingerprint density at radius 1 is 1.15 bits per heavy atom. The standard InChI is InChI=1S/C18H19Cl2N3O4/c19-11-5-9-10(7-21)17(22-3-1-2-4-22)23(13(9)6-12(11)20)18-16(26)15(25)14(8-24)27-18/h5-6,14-16,18,24-26H,1-4,8H2/t14-,15?,16+,18-/m1/s1. The summed E-state index contributed by atoms with van der Waals surface area (Å²) in [4.78, 5) is 2.06. The average Bonchev–Trinajstić information content (AvgIpc) is 3.34. The molecule has 1 aromatic carbocycles. The molecule has 2 saturated heterocycles. The summed E-state index contributed by atoms with van der Waals surface area (Å²) in [7, 11) is 0. The number of anilines is 1. The maximum Gasteiger partial charge on any atom is 0.164 e. The molecule has 144 valence electrons. The molecule has 0 aliphatic carbocycles. The number of hydrogen-bond acceptors (Lipinski definition) is 6. The summed E-state index contributed by atoms with van der Waals surface area (Å²) >= 11 is 12.4. The Morgan fingerprint density at radius 3 is 2.41 bits per heavy atom. The zero-order valence-corrected chi connectivity index (χ0v) is 15.9. The van der Waals surface area contributed by atoms with Crippen LogP contribution >= 0.6 is 23.2 Å². The number of benzene rings is 1. The third kappa shape index (κ3) is 2.88. The van der Waals surface area contributed by atoms with Crippen molar-refractivity contribution in [2.24, 2.45) is 0 Å². The summed E-state index contributed by atoms with van der Waals surface area (Å²) in [6.07, 6.45) is -2.40. The zero-order chi connectivity index (χ0) is 19.3. The van der Waals surface area contributed by atoms with Gasteiger partial charge in [0.15, 0.2) is 6.23 Å². The topological polar surface area (TPSA) is 102 Å². The molecule has 0 bridgehead atoms. The Hall–Kier alpha value is -1.53. The fourth-order valence-electron chi connectivity index (χ4n) is 3.99. The Bertz CT molecular complexity index is 920. The highest BCUT2D eigenvalue weighted by atomic mass is 35.5. The molecule has 2 aliphatic rings. The van der Waals surface area contributed by atoms with Crippen LogP contribution in [0.2, 0.25) is 10.0 Å². The van der Waals surface area contributed by atoms with E-state index in [4.69, 9.17) is 27.9 Å². The maximum atomic E-state index is 10.6. The molecule has 9 heteroatoms. The highest BCUT2D eigenvalue weighted by molar-refractivity contribution is 6.42. The van der Waals surface area contributed by atoms with E-state index in [0.717, 1.165) is 25.9 Å². The Kier molecular flexibility index (Phi) is 4.97. The summed E-state index contributed by atoms with van der Waals surface area (Å²) in [5, 5.41) is 41.3. The van der Waals surface area contributed by atoms with E-state index in [-0.39, 0.29) is 0 Å². The van der Waals surface area contributed by atoms with Gasteiger partial charge >= 0.3 is 0 Å². The fraction of sp³-hybridized carbons (Fsp3) is 0.500. The van der Waals surface area contributed by atoms with Crippen LogP contribution in [-0.4, -0.2) is 57.9 Å². The molecule has 3 N–H and O–H groups in total. The van der Waals surface area contributed by atoms with Crippen LogP contribution in [0.5, 0.6) is 0 Å². The van der Waals surface area contributed by atoms with Gasteiger partial charge in [-0.1, -0.05) is 23.2 Å². The quantitative estimate of drug-likeness (QED) is 0.713. The monoisotopic (exact) mass is 411 g/mol. The molecule has 1 aromatic heterocycles. The first kappa shape index (κ1) is 18.8.